The molecule has 3 N–H and O–H groups in total. The Morgan fingerprint density at radius 2 is 1.90 bits per heavy atom. The number of halogens is 2. The minimum Gasteiger partial charge on any atom is -0.381 e. The first-order valence-electron chi connectivity index (χ1n) is 6.02. The molecule has 0 bridgehead atoms. The van der Waals surface area contributed by atoms with Gasteiger partial charge in [0, 0.05) is 12.2 Å². The Labute approximate surface area is 118 Å². The van der Waals surface area contributed by atoms with Crippen LogP contribution in [-0.4, -0.2) is 9.97 Å². The maximum Gasteiger partial charge on any atom is 0.323 e. The SMILES string of the molecule is O=c1[nH]c2ccc(NCc3ccc(Cl)c(F)c3)cc2[nH]1. The summed E-state index contributed by atoms with van der Waals surface area (Å²) in [5, 5.41) is 3.27. The molecule has 102 valence electrons. The lowest BCUT2D eigenvalue weighted by molar-refractivity contribution is 0.626. The maximum atomic E-state index is 13.3. The third kappa shape index (κ3) is 2.53. The Hall–Kier alpha value is -2.27. The second kappa shape index (κ2) is 5.02. The highest BCUT2D eigenvalue weighted by molar-refractivity contribution is 6.30. The fourth-order valence-corrected chi connectivity index (χ4v) is 2.11. The number of H-pyrrole nitrogens is 2. The Morgan fingerprint density at radius 3 is 2.70 bits per heavy atom. The van der Waals surface area contributed by atoms with Gasteiger partial charge in [0.2, 0.25) is 0 Å². The van der Waals surface area contributed by atoms with Crippen molar-refractivity contribution in [3.63, 3.8) is 0 Å². The lowest BCUT2D eigenvalue weighted by Crippen LogP contribution is -2.00. The predicted molar refractivity (Wildman–Crippen MR) is 77.7 cm³/mol. The van der Waals surface area contributed by atoms with E-state index in [0.29, 0.717) is 6.54 Å². The van der Waals surface area contributed by atoms with Crippen LogP contribution in [0.3, 0.4) is 0 Å². The highest BCUT2D eigenvalue weighted by atomic mass is 35.5. The van der Waals surface area contributed by atoms with Gasteiger partial charge in [-0.25, -0.2) is 9.18 Å². The van der Waals surface area contributed by atoms with Crippen molar-refractivity contribution in [2.45, 2.75) is 6.54 Å². The molecular weight excluding hydrogens is 281 g/mol. The third-order valence-corrected chi connectivity index (χ3v) is 3.30. The van der Waals surface area contributed by atoms with Crippen molar-refractivity contribution >= 4 is 28.3 Å². The van der Waals surface area contributed by atoms with Crippen LogP contribution in [0.15, 0.2) is 41.2 Å². The van der Waals surface area contributed by atoms with Crippen LogP contribution in [0.25, 0.3) is 11.0 Å². The maximum absolute atomic E-state index is 13.3. The monoisotopic (exact) mass is 291 g/mol. The first-order valence-corrected chi connectivity index (χ1v) is 6.39. The smallest absolute Gasteiger partial charge is 0.323 e. The molecule has 3 aromatic rings. The van der Waals surface area contributed by atoms with Crippen molar-refractivity contribution in [3.8, 4) is 0 Å². The van der Waals surface area contributed by atoms with Crippen molar-refractivity contribution in [3.05, 3.63) is 63.3 Å². The van der Waals surface area contributed by atoms with Gasteiger partial charge >= 0.3 is 5.69 Å². The number of aromatic amines is 2. The summed E-state index contributed by atoms with van der Waals surface area (Å²) in [4.78, 5) is 16.5. The van der Waals surface area contributed by atoms with Crippen LogP contribution < -0.4 is 11.0 Å². The molecule has 0 saturated heterocycles. The topological polar surface area (TPSA) is 60.7 Å². The summed E-state index contributed by atoms with van der Waals surface area (Å²) in [6.07, 6.45) is 0. The molecule has 0 aliphatic heterocycles. The largest absolute Gasteiger partial charge is 0.381 e. The van der Waals surface area contributed by atoms with E-state index in [0.717, 1.165) is 22.3 Å². The third-order valence-electron chi connectivity index (χ3n) is 3.00. The quantitative estimate of drug-likeness (QED) is 0.693. The molecule has 0 unspecified atom stereocenters. The van der Waals surface area contributed by atoms with Crippen molar-refractivity contribution in [2.75, 3.05) is 5.32 Å². The minimum atomic E-state index is -0.434. The fourth-order valence-electron chi connectivity index (χ4n) is 2.00. The summed E-state index contributed by atoms with van der Waals surface area (Å²) in [5.74, 6) is -0.434. The number of aromatic nitrogens is 2. The molecule has 0 atom stereocenters. The molecule has 0 aliphatic rings. The molecule has 3 rings (SSSR count). The second-order valence-corrected chi connectivity index (χ2v) is 4.85. The number of imidazole rings is 1. The number of hydrogen-bond acceptors (Lipinski definition) is 2. The highest BCUT2D eigenvalue weighted by Crippen LogP contribution is 2.18. The molecule has 0 saturated carbocycles. The second-order valence-electron chi connectivity index (χ2n) is 4.44. The Morgan fingerprint density at radius 1 is 1.10 bits per heavy atom. The van der Waals surface area contributed by atoms with Crippen molar-refractivity contribution in [1.82, 2.24) is 9.97 Å². The summed E-state index contributed by atoms with van der Waals surface area (Å²) in [7, 11) is 0. The van der Waals surface area contributed by atoms with E-state index in [4.69, 9.17) is 11.6 Å². The summed E-state index contributed by atoms with van der Waals surface area (Å²) in [6, 6.07) is 10.2. The van der Waals surface area contributed by atoms with Gasteiger partial charge in [-0.15, -0.1) is 0 Å². The molecular formula is C14H11ClFN3O. The van der Waals surface area contributed by atoms with E-state index in [1.807, 2.05) is 12.1 Å². The zero-order valence-electron chi connectivity index (χ0n) is 10.3. The Balaban J connectivity index is 1.78. The van der Waals surface area contributed by atoms with E-state index in [9.17, 15) is 9.18 Å². The molecule has 0 radical (unpaired) electrons. The molecule has 4 nitrogen and oxygen atoms in total. The van der Waals surface area contributed by atoms with Crippen LogP contribution in [0.4, 0.5) is 10.1 Å². The lowest BCUT2D eigenvalue weighted by atomic mass is 10.2. The average Bonchev–Trinajstić information content (AvgIpc) is 2.79. The zero-order chi connectivity index (χ0) is 14.1. The summed E-state index contributed by atoms with van der Waals surface area (Å²) >= 11 is 5.63. The van der Waals surface area contributed by atoms with Crippen LogP contribution in [0, 0.1) is 5.82 Å². The van der Waals surface area contributed by atoms with E-state index in [1.54, 1.807) is 12.1 Å². The number of hydrogen-bond donors (Lipinski definition) is 3. The standard InChI is InChI=1S/C14H11ClFN3O/c15-10-3-1-8(5-11(10)16)7-17-9-2-4-12-13(6-9)19-14(20)18-12/h1-6,17H,7H2,(H2,18,19,20). The molecule has 2 aromatic carbocycles. The van der Waals surface area contributed by atoms with Gasteiger partial charge in [0.15, 0.2) is 0 Å². The number of anilines is 1. The Kier molecular flexibility index (Phi) is 3.20. The van der Waals surface area contributed by atoms with Gasteiger partial charge < -0.3 is 15.3 Å². The molecule has 1 aromatic heterocycles. The first kappa shape index (κ1) is 12.7. The van der Waals surface area contributed by atoms with Gasteiger partial charge in [-0.05, 0) is 35.9 Å². The lowest BCUT2D eigenvalue weighted by Gasteiger charge is -2.07. The highest BCUT2D eigenvalue weighted by Gasteiger charge is 2.02. The van der Waals surface area contributed by atoms with Gasteiger partial charge in [-0.3, -0.25) is 0 Å². The van der Waals surface area contributed by atoms with E-state index in [-0.39, 0.29) is 10.7 Å². The average molecular weight is 292 g/mol. The van der Waals surface area contributed by atoms with E-state index < -0.39 is 5.82 Å². The normalized spacial score (nSPS) is 10.9. The number of fused-ring (bicyclic) bond motifs is 1. The molecule has 0 spiro atoms. The molecule has 20 heavy (non-hydrogen) atoms. The molecule has 6 heteroatoms. The molecule has 0 fully saturated rings. The summed E-state index contributed by atoms with van der Waals surface area (Å²) < 4.78 is 13.3. The number of rotatable bonds is 3. The number of benzene rings is 2. The zero-order valence-corrected chi connectivity index (χ0v) is 11.1. The van der Waals surface area contributed by atoms with E-state index in [1.165, 1.54) is 12.1 Å². The summed E-state index contributed by atoms with van der Waals surface area (Å²) in [5.41, 5.74) is 2.86. The van der Waals surface area contributed by atoms with E-state index >= 15 is 0 Å². The molecule has 1 heterocycles. The van der Waals surface area contributed by atoms with Crippen LogP contribution in [0.5, 0.6) is 0 Å². The van der Waals surface area contributed by atoms with Crippen LogP contribution in [0.2, 0.25) is 5.02 Å². The van der Waals surface area contributed by atoms with Crippen LogP contribution in [-0.2, 0) is 6.54 Å². The van der Waals surface area contributed by atoms with Crippen LogP contribution in [0.1, 0.15) is 5.56 Å². The summed E-state index contributed by atoms with van der Waals surface area (Å²) in [6.45, 7) is 0.467. The van der Waals surface area contributed by atoms with Crippen molar-refractivity contribution in [2.24, 2.45) is 0 Å². The molecule has 0 aliphatic carbocycles. The first-order chi connectivity index (χ1) is 9.61. The fraction of sp³-hybridized carbons (Fsp3) is 0.0714. The van der Waals surface area contributed by atoms with E-state index in [2.05, 4.69) is 15.3 Å². The predicted octanol–water partition coefficient (Wildman–Crippen LogP) is 3.26. The van der Waals surface area contributed by atoms with Gasteiger partial charge in [0.1, 0.15) is 5.82 Å². The minimum absolute atomic E-state index is 0.111. The number of nitrogens with one attached hydrogen (secondary N) is 3. The van der Waals surface area contributed by atoms with Gasteiger partial charge in [0.25, 0.3) is 0 Å². The van der Waals surface area contributed by atoms with Crippen LogP contribution >= 0.6 is 11.6 Å². The Bertz CT molecular complexity index is 825. The van der Waals surface area contributed by atoms with Gasteiger partial charge in [-0.1, -0.05) is 17.7 Å². The van der Waals surface area contributed by atoms with Crippen molar-refractivity contribution < 1.29 is 4.39 Å². The van der Waals surface area contributed by atoms with Crippen molar-refractivity contribution in [1.29, 1.82) is 0 Å². The molecule has 0 amide bonds. The van der Waals surface area contributed by atoms with Gasteiger partial charge in [0.05, 0.1) is 16.1 Å². The van der Waals surface area contributed by atoms with Gasteiger partial charge in [-0.2, -0.15) is 0 Å².